The molecule has 0 bridgehead atoms. The third-order valence-corrected chi connectivity index (χ3v) is 4.62. The molecule has 106 valence electrons. The lowest BCUT2D eigenvalue weighted by atomic mass is 9.92. The molecule has 0 spiro atoms. The number of nitrogens with one attached hydrogen (secondary N) is 1. The lowest BCUT2D eigenvalue weighted by molar-refractivity contribution is 0.377. The van der Waals surface area contributed by atoms with Crippen LogP contribution in [0.4, 0.5) is 0 Å². The predicted octanol–water partition coefficient (Wildman–Crippen LogP) is 2.55. The van der Waals surface area contributed by atoms with Crippen molar-refractivity contribution in [1.29, 1.82) is 0 Å². The van der Waals surface area contributed by atoms with Crippen molar-refractivity contribution in [3.05, 3.63) is 11.9 Å². The van der Waals surface area contributed by atoms with Gasteiger partial charge in [-0.1, -0.05) is 6.42 Å². The first kappa shape index (κ1) is 13.0. The molecule has 4 nitrogen and oxygen atoms in total. The van der Waals surface area contributed by atoms with E-state index in [9.17, 15) is 0 Å². The Morgan fingerprint density at radius 2 is 2.21 bits per heavy atom. The van der Waals surface area contributed by atoms with Gasteiger partial charge in [0.25, 0.3) is 0 Å². The number of methoxy groups -OCH3 is 1. The van der Waals surface area contributed by atoms with E-state index in [-0.39, 0.29) is 0 Å². The Morgan fingerprint density at radius 3 is 2.89 bits per heavy atom. The lowest BCUT2D eigenvalue weighted by Gasteiger charge is -2.22. The van der Waals surface area contributed by atoms with Crippen molar-refractivity contribution in [2.75, 3.05) is 13.7 Å². The van der Waals surface area contributed by atoms with Gasteiger partial charge in [-0.05, 0) is 45.1 Å². The van der Waals surface area contributed by atoms with Crippen LogP contribution in [0.1, 0.15) is 50.6 Å². The number of hydrogen-bond acceptors (Lipinski definition) is 3. The van der Waals surface area contributed by atoms with Crippen LogP contribution >= 0.6 is 0 Å². The summed E-state index contributed by atoms with van der Waals surface area (Å²) in [6.45, 7) is 4.24. The van der Waals surface area contributed by atoms with Gasteiger partial charge in [0.1, 0.15) is 0 Å². The number of ether oxygens (including phenoxy) is 1. The number of hydrogen-bond donors (Lipinski definition) is 1. The first-order valence-corrected chi connectivity index (χ1v) is 7.66. The van der Waals surface area contributed by atoms with E-state index in [2.05, 4.69) is 22.0 Å². The Bertz CT molecular complexity index is 404. The zero-order chi connectivity index (χ0) is 13.2. The second kappa shape index (κ2) is 5.53. The topological polar surface area (TPSA) is 39.1 Å². The second-order valence-corrected chi connectivity index (χ2v) is 5.89. The van der Waals surface area contributed by atoms with Crippen molar-refractivity contribution in [3.8, 4) is 5.75 Å². The number of aromatic nitrogens is 2. The van der Waals surface area contributed by atoms with Gasteiger partial charge in [-0.15, -0.1) is 0 Å². The summed E-state index contributed by atoms with van der Waals surface area (Å²) in [5, 5.41) is 8.16. The van der Waals surface area contributed by atoms with Gasteiger partial charge in [-0.3, -0.25) is 4.68 Å². The molecule has 1 heterocycles. The molecular weight excluding hydrogens is 238 g/mol. The van der Waals surface area contributed by atoms with Crippen LogP contribution < -0.4 is 10.1 Å². The molecule has 2 aliphatic carbocycles. The van der Waals surface area contributed by atoms with E-state index in [0.717, 1.165) is 30.8 Å². The zero-order valence-electron chi connectivity index (χ0n) is 12.1. The molecule has 2 unspecified atom stereocenters. The van der Waals surface area contributed by atoms with Gasteiger partial charge in [0.05, 0.1) is 19.0 Å². The normalized spacial score (nSPS) is 26.8. The molecular formula is C15H25N3O. The van der Waals surface area contributed by atoms with Gasteiger partial charge in [-0.25, -0.2) is 0 Å². The second-order valence-electron chi connectivity index (χ2n) is 5.89. The minimum Gasteiger partial charge on any atom is -0.493 e. The summed E-state index contributed by atoms with van der Waals surface area (Å²) in [7, 11) is 1.76. The number of aryl methyl sites for hydroxylation is 1. The molecule has 1 N–H and O–H groups in total. The molecule has 0 saturated heterocycles. The van der Waals surface area contributed by atoms with E-state index in [0.29, 0.717) is 5.92 Å². The Balaban J connectivity index is 1.76. The van der Waals surface area contributed by atoms with Crippen LogP contribution in [0.2, 0.25) is 0 Å². The highest BCUT2D eigenvalue weighted by Crippen LogP contribution is 2.43. The van der Waals surface area contributed by atoms with Crippen LogP contribution in [0, 0.1) is 5.92 Å². The SMILES string of the molecule is CCn1ncc(OC)c1C1CCCC1CNC1CC1. The standard InChI is InChI=1S/C15H25N3O/c1-3-18-15(14(19-2)10-17-18)13-6-4-5-11(13)9-16-12-7-8-12/h10-13,16H,3-9H2,1-2H3. The third-order valence-electron chi connectivity index (χ3n) is 4.62. The summed E-state index contributed by atoms with van der Waals surface area (Å²) < 4.78 is 7.65. The van der Waals surface area contributed by atoms with Crippen LogP contribution in [0.25, 0.3) is 0 Å². The van der Waals surface area contributed by atoms with Gasteiger partial charge in [0.2, 0.25) is 0 Å². The van der Waals surface area contributed by atoms with Gasteiger partial charge in [-0.2, -0.15) is 5.10 Å². The van der Waals surface area contributed by atoms with Crippen LogP contribution in [0.15, 0.2) is 6.20 Å². The summed E-state index contributed by atoms with van der Waals surface area (Å²) >= 11 is 0. The molecule has 0 radical (unpaired) electrons. The third kappa shape index (κ3) is 2.64. The molecule has 19 heavy (non-hydrogen) atoms. The fourth-order valence-electron chi connectivity index (χ4n) is 3.41. The molecule has 2 saturated carbocycles. The Kier molecular flexibility index (Phi) is 3.78. The first-order valence-electron chi connectivity index (χ1n) is 7.66. The van der Waals surface area contributed by atoms with Crippen LogP contribution in [-0.2, 0) is 6.54 Å². The zero-order valence-corrected chi connectivity index (χ0v) is 12.1. The maximum absolute atomic E-state index is 5.52. The van der Waals surface area contributed by atoms with Crippen molar-refractivity contribution in [2.45, 2.75) is 57.5 Å². The fourth-order valence-corrected chi connectivity index (χ4v) is 3.41. The maximum atomic E-state index is 5.52. The number of nitrogens with zero attached hydrogens (tertiary/aromatic N) is 2. The van der Waals surface area contributed by atoms with Gasteiger partial charge in [0, 0.05) is 18.5 Å². The maximum Gasteiger partial charge on any atom is 0.160 e. The summed E-state index contributed by atoms with van der Waals surface area (Å²) in [6, 6.07) is 0.805. The average Bonchev–Trinajstić information content (AvgIpc) is 3.01. The molecule has 3 rings (SSSR count). The van der Waals surface area contributed by atoms with E-state index >= 15 is 0 Å². The van der Waals surface area contributed by atoms with Crippen LogP contribution in [0.3, 0.4) is 0 Å². The van der Waals surface area contributed by atoms with Crippen molar-refractivity contribution >= 4 is 0 Å². The molecule has 0 amide bonds. The fraction of sp³-hybridized carbons (Fsp3) is 0.800. The van der Waals surface area contributed by atoms with Gasteiger partial charge in [0.15, 0.2) is 5.75 Å². The van der Waals surface area contributed by atoms with E-state index in [4.69, 9.17) is 4.74 Å². The first-order chi connectivity index (χ1) is 9.33. The highest BCUT2D eigenvalue weighted by Gasteiger charge is 2.34. The molecule has 2 atom stereocenters. The molecule has 0 aliphatic heterocycles. The molecule has 2 aliphatic rings. The molecule has 2 fully saturated rings. The van der Waals surface area contributed by atoms with Gasteiger partial charge < -0.3 is 10.1 Å². The quantitative estimate of drug-likeness (QED) is 0.857. The Morgan fingerprint density at radius 1 is 1.37 bits per heavy atom. The van der Waals surface area contributed by atoms with Crippen molar-refractivity contribution in [3.63, 3.8) is 0 Å². The van der Waals surface area contributed by atoms with Crippen LogP contribution in [-0.4, -0.2) is 29.5 Å². The summed E-state index contributed by atoms with van der Waals surface area (Å²) in [6.07, 6.45) is 8.56. The summed E-state index contributed by atoms with van der Waals surface area (Å²) in [4.78, 5) is 0. The minimum absolute atomic E-state index is 0.614. The van der Waals surface area contributed by atoms with Crippen LogP contribution in [0.5, 0.6) is 5.75 Å². The molecule has 1 aromatic heterocycles. The average molecular weight is 263 g/mol. The smallest absolute Gasteiger partial charge is 0.160 e. The largest absolute Gasteiger partial charge is 0.493 e. The summed E-state index contributed by atoms with van der Waals surface area (Å²) in [5.41, 5.74) is 1.32. The minimum atomic E-state index is 0.614. The van der Waals surface area contributed by atoms with Crippen molar-refractivity contribution < 1.29 is 4.74 Å². The predicted molar refractivity (Wildman–Crippen MR) is 75.6 cm³/mol. The van der Waals surface area contributed by atoms with E-state index < -0.39 is 0 Å². The Hall–Kier alpha value is -1.03. The van der Waals surface area contributed by atoms with Gasteiger partial charge >= 0.3 is 0 Å². The Labute approximate surface area is 115 Å². The van der Waals surface area contributed by atoms with E-state index in [1.54, 1.807) is 7.11 Å². The number of rotatable bonds is 6. The highest BCUT2D eigenvalue weighted by atomic mass is 16.5. The lowest BCUT2D eigenvalue weighted by Crippen LogP contribution is -2.27. The van der Waals surface area contributed by atoms with E-state index in [1.807, 2.05) is 6.20 Å². The molecule has 4 heteroatoms. The molecule has 0 aromatic carbocycles. The van der Waals surface area contributed by atoms with E-state index in [1.165, 1.54) is 37.8 Å². The summed E-state index contributed by atoms with van der Waals surface area (Å²) in [5.74, 6) is 2.34. The molecule has 1 aromatic rings. The van der Waals surface area contributed by atoms with Crippen molar-refractivity contribution in [2.24, 2.45) is 5.92 Å². The van der Waals surface area contributed by atoms with Crippen molar-refractivity contribution in [1.82, 2.24) is 15.1 Å². The monoisotopic (exact) mass is 263 g/mol. The highest BCUT2D eigenvalue weighted by molar-refractivity contribution is 5.30.